The minimum Gasteiger partial charge on any atom is -0.394 e. The number of ether oxygens (including phenoxy) is 1. The van der Waals surface area contributed by atoms with E-state index in [2.05, 4.69) is 12.2 Å². The Kier molecular flexibility index (Phi) is 12.7. The molecule has 1 fully saturated rings. The van der Waals surface area contributed by atoms with Gasteiger partial charge in [0.25, 0.3) is 5.79 Å². The SMILES string of the molecule is CCCCCCCCCCCCCC(=O)C1(O)O[C@H](CO)[C@@H](O)[C@H](O)[C@H]1NC(C)=O. The Morgan fingerprint density at radius 3 is 1.87 bits per heavy atom. The highest BCUT2D eigenvalue weighted by molar-refractivity contribution is 5.87. The third-order valence-electron chi connectivity index (χ3n) is 5.77. The highest BCUT2D eigenvalue weighted by Crippen LogP contribution is 2.30. The van der Waals surface area contributed by atoms with Crippen LogP contribution in [-0.2, 0) is 14.3 Å². The molecule has 1 saturated heterocycles. The van der Waals surface area contributed by atoms with Crippen LogP contribution in [0, 0.1) is 0 Å². The van der Waals surface area contributed by atoms with E-state index in [1.807, 2.05) is 0 Å². The Bertz CT molecular complexity index is 516. The Morgan fingerprint density at radius 2 is 1.40 bits per heavy atom. The normalized spacial score (nSPS) is 29.0. The molecule has 5 atom stereocenters. The van der Waals surface area contributed by atoms with Gasteiger partial charge < -0.3 is 30.5 Å². The minimum atomic E-state index is -2.49. The summed E-state index contributed by atoms with van der Waals surface area (Å²) < 4.78 is 5.26. The summed E-state index contributed by atoms with van der Waals surface area (Å²) >= 11 is 0. The summed E-state index contributed by atoms with van der Waals surface area (Å²) in [6.45, 7) is 2.70. The van der Waals surface area contributed by atoms with E-state index in [1.165, 1.54) is 51.9 Å². The van der Waals surface area contributed by atoms with E-state index in [0.717, 1.165) is 19.3 Å². The second-order valence-corrected chi connectivity index (χ2v) is 8.40. The number of aliphatic hydroxyl groups excluding tert-OH is 3. The van der Waals surface area contributed by atoms with Crippen molar-refractivity contribution in [2.75, 3.05) is 6.61 Å². The third kappa shape index (κ3) is 8.23. The Morgan fingerprint density at radius 1 is 0.900 bits per heavy atom. The fraction of sp³-hybridized carbons (Fsp3) is 0.909. The van der Waals surface area contributed by atoms with Crippen molar-refractivity contribution in [1.82, 2.24) is 5.32 Å². The zero-order valence-corrected chi connectivity index (χ0v) is 18.5. The summed E-state index contributed by atoms with van der Waals surface area (Å²) in [5.74, 6) is -3.75. The molecule has 0 aliphatic carbocycles. The van der Waals surface area contributed by atoms with Crippen LogP contribution in [0.5, 0.6) is 0 Å². The van der Waals surface area contributed by atoms with Crippen molar-refractivity contribution >= 4 is 11.7 Å². The first-order chi connectivity index (χ1) is 14.3. The summed E-state index contributed by atoms with van der Waals surface area (Å²) in [5, 5.41) is 42.7. The number of hydrogen-bond acceptors (Lipinski definition) is 7. The maximum atomic E-state index is 12.7. The van der Waals surface area contributed by atoms with Crippen LogP contribution in [0.25, 0.3) is 0 Å². The minimum absolute atomic E-state index is 0.0184. The molecule has 1 heterocycles. The second-order valence-electron chi connectivity index (χ2n) is 8.40. The first-order valence-corrected chi connectivity index (χ1v) is 11.5. The van der Waals surface area contributed by atoms with Gasteiger partial charge in [-0.3, -0.25) is 9.59 Å². The lowest BCUT2D eigenvalue weighted by Crippen LogP contribution is -2.72. The molecule has 8 heteroatoms. The summed E-state index contributed by atoms with van der Waals surface area (Å²) in [6.07, 6.45) is 7.85. The van der Waals surface area contributed by atoms with Crippen molar-refractivity contribution in [2.24, 2.45) is 0 Å². The fourth-order valence-electron chi connectivity index (χ4n) is 3.94. The average molecular weight is 432 g/mol. The fourth-order valence-corrected chi connectivity index (χ4v) is 3.94. The largest absolute Gasteiger partial charge is 0.394 e. The predicted octanol–water partition coefficient (Wildman–Crippen LogP) is 1.56. The molecule has 1 aliphatic heterocycles. The standard InChI is InChI=1S/C22H41NO7/c1-3-4-5-6-7-8-9-10-11-12-13-14-18(26)22(29)21(23-16(2)25)20(28)19(27)17(15-24)30-22/h17,19-21,24,27-29H,3-15H2,1-2H3,(H,23,25)/t17-,19-,20+,21-,22?/m1/s1. The van der Waals surface area contributed by atoms with Gasteiger partial charge >= 0.3 is 0 Å². The Hall–Kier alpha value is -1.06. The van der Waals surface area contributed by atoms with E-state index in [9.17, 15) is 30.0 Å². The van der Waals surface area contributed by atoms with Crippen molar-refractivity contribution in [3.05, 3.63) is 0 Å². The molecule has 0 spiro atoms. The molecule has 8 nitrogen and oxygen atoms in total. The Labute approximate surface area is 180 Å². The number of nitrogens with one attached hydrogen (secondary N) is 1. The molecule has 1 amide bonds. The first kappa shape index (κ1) is 27.0. The zero-order chi connectivity index (χ0) is 22.6. The summed E-state index contributed by atoms with van der Waals surface area (Å²) in [7, 11) is 0. The molecule has 176 valence electrons. The van der Waals surface area contributed by atoms with Crippen LogP contribution in [0.1, 0.15) is 90.9 Å². The lowest BCUT2D eigenvalue weighted by atomic mass is 9.86. The van der Waals surface area contributed by atoms with E-state index < -0.39 is 48.4 Å². The maximum Gasteiger partial charge on any atom is 0.250 e. The number of ketones is 1. The van der Waals surface area contributed by atoms with Crippen LogP contribution in [0.3, 0.4) is 0 Å². The van der Waals surface area contributed by atoms with Crippen LogP contribution in [0.15, 0.2) is 0 Å². The number of unbranched alkanes of at least 4 members (excludes halogenated alkanes) is 10. The summed E-state index contributed by atoms with van der Waals surface area (Å²) in [4.78, 5) is 24.1. The summed E-state index contributed by atoms with van der Waals surface area (Å²) in [5.41, 5.74) is 0. The van der Waals surface area contributed by atoms with Gasteiger partial charge in [0.15, 0.2) is 5.78 Å². The molecule has 0 aromatic carbocycles. The van der Waals surface area contributed by atoms with Crippen LogP contribution >= 0.6 is 0 Å². The molecule has 0 radical (unpaired) electrons. The average Bonchev–Trinajstić information content (AvgIpc) is 2.71. The molecule has 30 heavy (non-hydrogen) atoms. The van der Waals surface area contributed by atoms with Crippen molar-refractivity contribution in [1.29, 1.82) is 0 Å². The lowest BCUT2D eigenvalue weighted by Gasteiger charge is -2.46. The van der Waals surface area contributed by atoms with Gasteiger partial charge in [-0.25, -0.2) is 0 Å². The summed E-state index contributed by atoms with van der Waals surface area (Å²) in [6, 6.07) is -1.51. The van der Waals surface area contributed by atoms with E-state index >= 15 is 0 Å². The van der Waals surface area contributed by atoms with E-state index in [-0.39, 0.29) is 6.42 Å². The van der Waals surface area contributed by atoms with Gasteiger partial charge in [0.1, 0.15) is 24.4 Å². The van der Waals surface area contributed by atoms with Crippen LogP contribution in [0.4, 0.5) is 0 Å². The van der Waals surface area contributed by atoms with Gasteiger partial charge in [-0.15, -0.1) is 0 Å². The molecule has 1 rings (SSSR count). The highest BCUT2D eigenvalue weighted by Gasteiger charge is 2.57. The second kappa shape index (κ2) is 14.1. The molecule has 0 aromatic rings. The van der Waals surface area contributed by atoms with E-state index in [4.69, 9.17) is 4.74 Å². The molecule has 1 aliphatic rings. The van der Waals surface area contributed by atoms with Crippen LogP contribution in [-0.4, -0.2) is 68.9 Å². The van der Waals surface area contributed by atoms with Gasteiger partial charge in [0.05, 0.1) is 6.61 Å². The molecular weight excluding hydrogens is 390 g/mol. The van der Waals surface area contributed by atoms with Gasteiger partial charge in [-0.2, -0.15) is 0 Å². The monoisotopic (exact) mass is 431 g/mol. The molecule has 1 unspecified atom stereocenters. The predicted molar refractivity (Wildman–Crippen MR) is 113 cm³/mol. The number of carbonyl (C=O) groups excluding carboxylic acids is 2. The molecule has 0 saturated carbocycles. The van der Waals surface area contributed by atoms with E-state index in [1.54, 1.807) is 0 Å². The molecule has 0 aromatic heterocycles. The molecule has 5 N–H and O–H groups in total. The van der Waals surface area contributed by atoms with Crippen molar-refractivity contribution in [3.63, 3.8) is 0 Å². The molecule has 0 bridgehead atoms. The van der Waals surface area contributed by atoms with Crippen LogP contribution < -0.4 is 5.32 Å². The van der Waals surface area contributed by atoms with Crippen molar-refractivity contribution < 1.29 is 34.8 Å². The number of amides is 1. The lowest BCUT2D eigenvalue weighted by molar-refractivity contribution is -0.301. The van der Waals surface area contributed by atoms with Gasteiger partial charge in [-0.1, -0.05) is 71.1 Å². The van der Waals surface area contributed by atoms with Gasteiger partial charge in [0.2, 0.25) is 5.91 Å². The smallest absolute Gasteiger partial charge is 0.250 e. The molecular formula is C22H41NO7. The topological polar surface area (TPSA) is 136 Å². The Balaban J connectivity index is 2.42. The van der Waals surface area contributed by atoms with Gasteiger partial charge in [-0.05, 0) is 6.42 Å². The third-order valence-corrected chi connectivity index (χ3v) is 5.77. The number of hydrogen-bond donors (Lipinski definition) is 5. The highest BCUT2D eigenvalue weighted by atomic mass is 16.7. The van der Waals surface area contributed by atoms with Gasteiger partial charge in [0, 0.05) is 13.3 Å². The van der Waals surface area contributed by atoms with Crippen molar-refractivity contribution in [2.45, 2.75) is 121 Å². The number of Topliss-reactive ketones (excluding diaryl/α,β-unsaturated/α-hetero) is 1. The first-order valence-electron chi connectivity index (χ1n) is 11.5. The zero-order valence-electron chi connectivity index (χ0n) is 18.5. The maximum absolute atomic E-state index is 12.7. The number of aliphatic hydroxyl groups is 4. The van der Waals surface area contributed by atoms with E-state index in [0.29, 0.717) is 6.42 Å². The quantitative estimate of drug-likeness (QED) is 0.248. The van der Waals surface area contributed by atoms with Crippen LogP contribution in [0.2, 0.25) is 0 Å². The van der Waals surface area contributed by atoms with Crippen molar-refractivity contribution in [3.8, 4) is 0 Å². The number of carbonyl (C=O) groups is 2. The number of rotatable bonds is 15.